The van der Waals surface area contributed by atoms with Crippen LogP contribution in [0.1, 0.15) is 13.3 Å². The third-order valence-corrected chi connectivity index (χ3v) is 2.84. The molecular weight excluding hydrogens is 232 g/mol. The maximum absolute atomic E-state index is 12.0. The summed E-state index contributed by atoms with van der Waals surface area (Å²) in [6.07, 6.45) is 6.01. The van der Waals surface area contributed by atoms with E-state index >= 15 is 0 Å². The van der Waals surface area contributed by atoms with Gasteiger partial charge in [-0.05, 0) is 6.42 Å². The Morgan fingerprint density at radius 2 is 1.94 bits per heavy atom. The lowest BCUT2D eigenvalue weighted by Crippen LogP contribution is -2.37. The molecule has 6 nitrogen and oxygen atoms in total. The predicted octanol–water partition coefficient (Wildman–Crippen LogP) is 0.357. The summed E-state index contributed by atoms with van der Waals surface area (Å²) in [6.45, 7) is 2.87. The van der Waals surface area contributed by atoms with Crippen LogP contribution in [0.5, 0.6) is 0 Å². The maximum Gasteiger partial charge on any atom is 0.330 e. The molecule has 2 rings (SSSR count). The quantitative estimate of drug-likeness (QED) is 0.787. The molecule has 0 unspecified atom stereocenters. The van der Waals surface area contributed by atoms with Gasteiger partial charge in [0.15, 0.2) is 0 Å². The number of rotatable bonds is 3. The molecule has 0 aliphatic carbocycles. The van der Waals surface area contributed by atoms with E-state index in [9.17, 15) is 9.59 Å². The van der Waals surface area contributed by atoms with Gasteiger partial charge in [-0.15, -0.1) is 0 Å². The molecule has 0 radical (unpaired) electrons. The third-order valence-electron chi connectivity index (χ3n) is 2.84. The second-order valence-corrected chi connectivity index (χ2v) is 4.29. The van der Waals surface area contributed by atoms with Crippen LogP contribution < -0.4 is 11.2 Å². The zero-order valence-corrected chi connectivity index (χ0v) is 10.8. The van der Waals surface area contributed by atoms with Gasteiger partial charge in [0.1, 0.15) is 0 Å². The summed E-state index contributed by atoms with van der Waals surface area (Å²) in [5.41, 5.74) is 0.598. The van der Waals surface area contributed by atoms with Crippen LogP contribution in [-0.2, 0) is 20.6 Å². The molecule has 0 amide bonds. The highest BCUT2D eigenvalue weighted by molar-refractivity contribution is 5.59. The fourth-order valence-corrected chi connectivity index (χ4v) is 1.86. The molecule has 0 fully saturated rings. The van der Waals surface area contributed by atoms with Gasteiger partial charge in [0.25, 0.3) is 5.56 Å². The lowest BCUT2D eigenvalue weighted by atomic mass is 10.2. The molecule has 0 aliphatic rings. The van der Waals surface area contributed by atoms with Gasteiger partial charge in [-0.2, -0.15) is 5.10 Å². The molecule has 0 N–H and O–H groups in total. The molecule has 0 atom stereocenters. The van der Waals surface area contributed by atoms with Crippen molar-refractivity contribution < 1.29 is 0 Å². The molecule has 18 heavy (non-hydrogen) atoms. The minimum absolute atomic E-state index is 0.297. The number of aryl methyl sites for hydroxylation is 2. The van der Waals surface area contributed by atoms with Crippen molar-refractivity contribution in [3.05, 3.63) is 39.4 Å². The smallest absolute Gasteiger partial charge is 0.303 e. The summed E-state index contributed by atoms with van der Waals surface area (Å²) < 4.78 is 4.29. The van der Waals surface area contributed by atoms with Gasteiger partial charge in [0.05, 0.1) is 11.8 Å². The number of aromatic nitrogens is 4. The largest absolute Gasteiger partial charge is 0.330 e. The fraction of sp³-hybridized carbons (Fsp3) is 0.417. The Morgan fingerprint density at radius 3 is 2.61 bits per heavy atom. The van der Waals surface area contributed by atoms with E-state index in [0.29, 0.717) is 5.56 Å². The van der Waals surface area contributed by atoms with E-state index in [2.05, 4.69) is 12.0 Å². The first kappa shape index (κ1) is 12.3. The van der Waals surface area contributed by atoms with Crippen LogP contribution in [-0.4, -0.2) is 18.9 Å². The van der Waals surface area contributed by atoms with Gasteiger partial charge in [-0.25, -0.2) is 4.79 Å². The highest BCUT2D eigenvalue weighted by Crippen LogP contribution is 2.12. The topological polar surface area (TPSA) is 61.8 Å². The molecule has 0 bridgehead atoms. The molecular formula is C12H16N4O2. The van der Waals surface area contributed by atoms with Crippen LogP contribution >= 0.6 is 0 Å². The summed E-state index contributed by atoms with van der Waals surface area (Å²) in [7, 11) is 3.10. The van der Waals surface area contributed by atoms with Crippen molar-refractivity contribution >= 4 is 0 Å². The van der Waals surface area contributed by atoms with E-state index in [-0.39, 0.29) is 11.2 Å². The lowest BCUT2D eigenvalue weighted by Gasteiger charge is -2.04. The first-order chi connectivity index (χ1) is 8.54. The van der Waals surface area contributed by atoms with E-state index in [0.717, 1.165) is 23.1 Å². The monoisotopic (exact) mass is 248 g/mol. The van der Waals surface area contributed by atoms with Crippen LogP contribution in [0.4, 0.5) is 0 Å². The predicted molar refractivity (Wildman–Crippen MR) is 68.4 cm³/mol. The van der Waals surface area contributed by atoms with Crippen LogP contribution in [0.2, 0.25) is 0 Å². The zero-order chi connectivity index (χ0) is 13.3. The maximum atomic E-state index is 12.0. The number of hydrogen-bond donors (Lipinski definition) is 0. The summed E-state index contributed by atoms with van der Waals surface area (Å²) in [6, 6.07) is 0. The SMILES string of the molecule is CCCn1cc(-c2cn(C)c(=O)n(C)c2=O)cn1. The second kappa shape index (κ2) is 4.64. The van der Waals surface area contributed by atoms with E-state index in [1.165, 1.54) is 11.6 Å². The van der Waals surface area contributed by atoms with Crippen LogP contribution in [0.15, 0.2) is 28.2 Å². The van der Waals surface area contributed by atoms with E-state index in [4.69, 9.17) is 0 Å². The normalized spacial score (nSPS) is 10.8. The minimum atomic E-state index is -0.329. The van der Waals surface area contributed by atoms with Gasteiger partial charge in [-0.3, -0.25) is 14.0 Å². The third kappa shape index (κ3) is 2.01. The fourth-order valence-electron chi connectivity index (χ4n) is 1.86. The number of nitrogens with zero attached hydrogens (tertiary/aromatic N) is 4. The Bertz CT molecular complexity index is 678. The average molecular weight is 248 g/mol. The summed E-state index contributed by atoms with van der Waals surface area (Å²) in [5, 5.41) is 4.19. The Kier molecular flexibility index (Phi) is 3.18. The van der Waals surface area contributed by atoms with Crippen molar-refractivity contribution in [3.8, 4) is 11.1 Å². The van der Waals surface area contributed by atoms with Crippen molar-refractivity contribution in [1.29, 1.82) is 0 Å². The lowest BCUT2D eigenvalue weighted by molar-refractivity contribution is 0.603. The van der Waals surface area contributed by atoms with Crippen molar-refractivity contribution in [2.75, 3.05) is 0 Å². The molecule has 6 heteroatoms. The van der Waals surface area contributed by atoms with Crippen molar-refractivity contribution in [2.45, 2.75) is 19.9 Å². The van der Waals surface area contributed by atoms with E-state index in [1.54, 1.807) is 24.1 Å². The summed E-state index contributed by atoms with van der Waals surface area (Å²) >= 11 is 0. The van der Waals surface area contributed by atoms with Crippen molar-refractivity contribution in [3.63, 3.8) is 0 Å². The average Bonchev–Trinajstić information content (AvgIpc) is 2.80. The van der Waals surface area contributed by atoms with Gasteiger partial charge >= 0.3 is 5.69 Å². The molecule has 0 spiro atoms. The summed E-state index contributed by atoms with van der Waals surface area (Å²) in [5.74, 6) is 0. The molecule has 2 aromatic rings. The zero-order valence-electron chi connectivity index (χ0n) is 10.8. The molecule has 0 aliphatic heterocycles. The Morgan fingerprint density at radius 1 is 1.22 bits per heavy atom. The molecule has 0 saturated heterocycles. The van der Waals surface area contributed by atoms with Gasteiger partial charge in [-0.1, -0.05) is 6.92 Å². The van der Waals surface area contributed by atoms with Crippen LogP contribution in [0.25, 0.3) is 11.1 Å². The van der Waals surface area contributed by atoms with Gasteiger partial charge in [0.2, 0.25) is 0 Å². The highest BCUT2D eigenvalue weighted by atomic mass is 16.2. The second-order valence-electron chi connectivity index (χ2n) is 4.29. The van der Waals surface area contributed by atoms with E-state index < -0.39 is 0 Å². The molecule has 0 aromatic carbocycles. The highest BCUT2D eigenvalue weighted by Gasteiger charge is 2.10. The van der Waals surface area contributed by atoms with E-state index in [1.807, 2.05) is 6.20 Å². The molecule has 0 saturated carbocycles. The van der Waals surface area contributed by atoms with Crippen molar-refractivity contribution in [1.82, 2.24) is 18.9 Å². The Hall–Kier alpha value is -2.11. The van der Waals surface area contributed by atoms with Gasteiger partial charge in [0, 0.05) is 38.6 Å². The number of hydrogen-bond acceptors (Lipinski definition) is 3. The van der Waals surface area contributed by atoms with Gasteiger partial charge < -0.3 is 4.57 Å². The van der Waals surface area contributed by atoms with Crippen LogP contribution in [0.3, 0.4) is 0 Å². The standard InChI is InChI=1S/C12H16N4O2/c1-4-5-16-7-9(6-13-16)10-8-14(2)12(18)15(3)11(10)17/h6-8H,4-5H2,1-3H3. The first-order valence-electron chi connectivity index (χ1n) is 5.84. The molecule has 96 valence electrons. The Balaban J connectivity index is 2.57. The molecule has 2 heterocycles. The Labute approximate surface area is 104 Å². The van der Waals surface area contributed by atoms with Crippen molar-refractivity contribution in [2.24, 2.45) is 14.1 Å². The first-order valence-corrected chi connectivity index (χ1v) is 5.84. The molecule has 2 aromatic heterocycles. The summed E-state index contributed by atoms with van der Waals surface area (Å²) in [4.78, 5) is 23.6. The minimum Gasteiger partial charge on any atom is -0.303 e. The van der Waals surface area contributed by atoms with Crippen LogP contribution in [0, 0.1) is 0 Å².